The number of hydrogen-bond acceptors (Lipinski definition) is 3. The van der Waals surface area contributed by atoms with Crippen LogP contribution in [0.15, 0.2) is 42.5 Å². The fourth-order valence-corrected chi connectivity index (χ4v) is 3.55. The molecule has 1 fully saturated rings. The summed E-state index contributed by atoms with van der Waals surface area (Å²) in [5.41, 5.74) is 3.80. The third-order valence-electron chi connectivity index (χ3n) is 5.22. The second kappa shape index (κ2) is 9.12. The van der Waals surface area contributed by atoms with Crippen molar-refractivity contribution in [2.75, 3.05) is 10.6 Å². The number of amides is 2. The summed E-state index contributed by atoms with van der Waals surface area (Å²) < 4.78 is 5.76. The van der Waals surface area contributed by atoms with E-state index < -0.39 is 0 Å². The Kier molecular flexibility index (Phi) is 6.57. The highest BCUT2D eigenvalue weighted by Gasteiger charge is 2.48. The van der Waals surface area contributed by atoms with Crippen molar-refractivity contribution in [1.29, 1.82) is 0 Å². The van der Waals surface area contributed by atoms with Crippen LogP contribution in [0.4, 0.5) is 11.4 Å². The van der Waals surface area contributed by atoms with E-state index in [1.54, 1.807) is 0 Å². The van der Waals surface area contributed by atoms with Gasteiger partial charge in [0.1, 0.15) is 5.75 Å². The number of anilines is 2. The molecule has 5 heteroatoms. The predicted molar refractivity (Wildman–Crippen MR) is 116 cm³/mol. The fourth-order valence-electron chi connectivity index (χ4n) is 3.55. The molecule has 2 N–H and O–H groups in total. The van der Waals surface area contributed by atoms with Crippen molar-refractivity contribution in [3.05, 3.63) is 53.6 Å². The van der Waals surface area contributed by atoms with Crippen LogP contribution in [0.2, 0.25) is 0 Å². The predicted octanol–water partition coefficient (Wildman–Crippen LogP) is 4.81. The Labute approximate surface area is 172 Å². The summed E-state index contributed by atoms with van der Waals surface area (Å²) in [5.74, 6) is -0.164. The van der Waals surface area contributed by atoms with Crippen LogP contribution in [-0.2, 0) is 22.4 Å². The Morgan fingerprint density at radius 2 is 1.52 bits per heavy atom. The number of ether oxygens (including phenoxy) is 1. The van der Waals surface area contributed by atoms with Gasteiger partial charge >= 0.3 is 0 Å². The lowest BCUT2D eigenvalue weighted by Gasteiger charge is -2.15. The van der Waals surface area contributed by atoms with Gasteiger partial charge in [0, 0.05) is 5.69 Å². The Hall–Kier alpha value is -2.82. The van der Waals surface area contributed by atoms with E-state index in [1.807, 2.05) is 56.3 Å². The maximum Gasteiger partial charge on any atom is 0.228 e. The molecule has 2 unspecified atom stereocenters. The van der Waals surface area contributed by atoms with Crippen LogP contribution in [-0.4, -0.2) is 17.9 Å². The lowest BCUT2D eigenvalue weighted by Crippen LogP contribution is -2.22. The average Bonchev–Trinajstić information content (AvgIpc) is 3.50. The summed E-state index contributed by atoms with van der Waals surface area (Å²) in [6.07, 6.45) is 2.29. The van der Waals surface area contributed by atoms with E-state index >= 15 is 0 Å². The molecule has 0 aromatic heterocycles. The van der Waals surface area contributed by atoms with Gasteiger partial charge < -0.3 is 15.4 Å². The minimum Gasteiger partial charge on any atom is -0.489 e. The summed E-state index contributed by atoms with van der Waals surface area (Å²) in [6, 6.07) is 13.5. The molecule has 154 valence electrons. The van der Waals surface area contributed by atoms with Gasteiger partial charge in [0.25, 0.3) is 0 Å². The molecular weight excluding hydrogens is 364 g/mol. The lowest BCUT2D eigenvalue weighted by molar-refractivity contribution is -0.122. The van der Waals surface area contributed by atoms with Gasteiger partial charge in [-0.3, -0.25) is 9.59 Å². The van der Waals surface area contributed by atoms with Gasteiger partial charge in [-0.1, -0.05) is 44.2 Å². The molecule has 0 saturated heterocycles. The van der Waals surface area contributed by atoms with E-state index in [0.29, 0.717) is 17.9 Å². The zero-order chi connectivity index (χ0) is 21.0. The molecule has 1 aliphatic rings. The number of aryl methyl sites for hydroxylation is 2. The van der Waals surface area contributed by atoms with Crippen molar-refractivity contribution >= 4 is 23.2 Å². The second-order valence-corrected chi connectivity index (χ2v) is 7.75. The highest BCUT2D eigenvalue weighted by atomic mass is 16.5. The van der Waals surface area contributed by atoms with Crippen LogP contribution >= 0.6 is 0 Å². The normalized spacial score (nSPS) is 17.7. The number of carbonyl (C=O) groups is 2. The zero-order valence-corrected chi connectivity index (χ0v) is 17.6. The lowest BCUT2D eigenvalue weighted by atomic mass is 10.0. The second-order valence-electron chi connectivity index (χ2n) is 7.75. The Morgan fingerprint density at radius 3 is 2.10 bits per heavy atom. The van der Waals surface area contributed by atoms with Crippen molar-refractivity contribution in [3.8, 4) is 5.75 Å². The van der Waals surface area contributed by atoms with Crippen LogP contribution < -0.4 is 15.4 Å². The van der Waals surface area contributed by atoms with Crippen LogP contribution in [0, 0.1) is 11.8 Å². The summed E-state index contributed by atoms with van der Waals surface area (Å²) in [6.45, 7) is 8.04. The first-order valence-electron chi connectivity index (χ1n) is 10.4. The number of benzene rings is 2. The summed E-state index contributed by atoms with van der Waals surface area (Å²) >= 11 is 0. The number of para-hydroxylation sites is 3. The SMILES string of the molecule is CCc1cccc(CC)c1NC(=O)C1CC1C(=O)Nc1ccccc1OC(C)C. The van der Waals surface area contributed by atoms with E-state index in [4.69, 9.17) is 4.74 Å². The fraction of sp³-hybridized carbons (Fsp3) is 0.417. The molecular formula is C24H30N2O3. The minimum atomic E-state index is -0.305. The molecule has 0 radical (unpaired) electrons. The van der Waals surface area contributed by atoms with E-state index in [2.05, 4.69) is 24.5 Å². The Balaban J connectivity index is 1.64. The third-order valence-corrected chi connectivity index (χ3v) is 5.22. The largest absolute Gasteiger partial charge is 0.489 e. The van der Waals surface area contributed by atoms with Gasteiger partial charge in [-0.25, -0.2) is 0 Å². The molecule has 1 saturated carbocycles. The van der Waals surface area contributed by atoms with Crippen LogP contribution in [0.3, 0.4) is 0 Å². The van der Waals surface area contributed by atoms with Gasteiger partial charge in [-0.05, 0) is 56.4 Å². The van der Waals surface area contributed by atoms with Crippen LogP contribution in [0.1, 0.15) is 45.2 Å². The molecule has 2 atom stereocenters. The molecule has 3 rings (SSSR count). The van der Waals surface area contributed by atoms with E-state index in [9.17, 15) is 9.59 Å². The number of hydrogen-bond donors (Lipinski definition) is 2. The number of carbonyl (C=O) groups excluding carboxylic acids is 2. The molecule has 0 spiro atoms. The maximum absolute atomic E-state index is 12.8. The molecule has 0 heterocycles. The van der Waals surface area contributed by atoms with Crippen molar-refractivity contribution < 1.29 is 14.3 Å². The van der Waals surface area contributed by atoms with Crippen LogP contribution in [0.5, 0.6) is 5.75 Å². The molecule has 1 aliphatic carbocycles. The number of nitrogens with one attached hydrogen (secondary N) is 2. The van der Waals surface area contributed by atoms with Gasteiger partial charge in [-0.15, -0.1) is 0 Å². The summed E-state index contributed by atoms with van der Waals surface area (Å²) in [7, 11) is 0. The van der Waals surface area contributed by atoms with Gasteiger partial charge in [0.2, 0.25) is 11.8 Å². The molecule has 2 aromatic rings. The monoisotopic (exact) mass is 394 g/mol. The first-order valence-corrected chi connectivity index (χ1v) is 10.4. The number of rotatable bonds is 8. The van der Waals surface area contributed by atoms with E-state index in [1.165, 1.54) is 0 Å². The summed E-state index contributed by atoms with van der Waals surface area (Å²) in [4.78, 5) is 25.5. The maximum atomic E-state index is 12.8. The molecule has 29 heavy (non-hydrogen) atoms. The topological polar surface area (TPSA) is 67.4 Å². The quantitative estimate of drug-likeness (QED) is 0.675. The van der Waals surface area contributed by atoms with Crippen molar-refractivity contribution in [3.63, 3.8) is 0 Å². The van der Waals surface area contributed by atoms with Gasteiger partial charge in [0.15, 0.2) is 0 Å². The van der Waals surface area contributed by atoms with Gasteiger partial charge in [-0.2, -0.15) is 0 Å². The Morgan fingerprint density at radius 1 is 0.931 bits per heavy atom. The Bertz CT molecular complexity index is 869. The first kappa shape index (κ1) is 20.9. The van der Waals surface area contributed by atoms with Crippen molar-refractivity contribution in [2.45, 2.75) is 53.1 Å². The standard InChI is InChI=1S/C24H30N2O3/c1-5-16-10-9-11-17(6-2)22(16)26-24(28)19-14-18(19)23(27)25-20-12-7-8-13-21(20)29-15(3)4/h7-13,15,18-19H,5-6,14H2,1-4H3,(H,25,27)(H,26,28). The van der Waals surface area contributed by atoms with Crippen molar-refractivity contribution in [1.82, 2.24) is 0 Å². The average molecular weight is 395 g/mol. The molecule has 2 amide bonds. The van der Waals surface area contributed by atoms with E-state index in [0.717, 1.165) is 29.7 Å². The van der Waals surface area contributed by atoms with Crippen molar-refractivity contribution in [2.24, 2.45) is 11.8 Å². The molecule has 5 nitrogen and oxygen atoms in total. The molecule has 0 aliphatic heterocycles. The highest BCUT2D eigenvalue weighted by molar-refractivity contribution is 6.04. The smallest absolute Gasteiger partial charge is 0.228 e. The minimum absolute atomic E-state index is 0.0129. The third kappa shape index (κ3) is 4.97. The van der Waals surface area contributed by atoms with E-state index in [-0.39, 0.29) is 29.8 Å². The molecule has 0 bridgehead atoms. The van der Waals surface area contributed by atoms with Crippen LogP contribution in [0.25, 0.3) is 0 Å². The summed E-state index contributed by atoms with van der Waals surface area (Å²) in [5, 5.41) is 6.01. The molecule has 2 aromatic carbocycles. The highest BCUT2D eigenvalue weighted by Crippen LogP contribution is 2.41. The zero-order valence-electron chi connectivity index (χ0n) is 17.6. The van der Waals surface area contributed by atoms with Gasteiger partial charge in [0.05, 0.1) is 23.6 Å². The first-order chi connectivity index (χ1) is 13.9.